The summed E-state index contributed by atoms with van der Waals surface area (Å²) in [7, 11) is 0. The minimum atomic E-state index is 0. The van der Waals surface area contributed by atoms with Crippen molar-refractivity contribution in [1.82, 2.24) is 4.90 Å². The molecule has 1 aliphatic heterocycles. The molecule has 20 heavy (non-hydrogen) atoms. The van der Waals surface area contributed by atoms with Gasteiger partial charge in [0, 0.05) is 25.6 Å². The van der Waals surface area contributed by atoms with Crippen molar-refractivity contribution in [1.29, 1.82) is 0 Å². The third-order valence-corrected chi connectivity index (χ3v) is 4.49. The van der Waals surface area contributed by atoms with Gasteiger partial charge in [-0.1, -0.05) is 24.3 Å². The summed E-state index contributed by atoms with van der Waals surface area (Å²) in [4.78, 5) is 14.3. The lowest BCUT2D eigenvalue weighted by atomic mass is 9.81. The summed E-state index contributed by atoms with van der Waals surface area (Å²) in [5, 5.41) is 0. The van der Waals surface area contributed by atoms with E-state index in [9.17, 15) is 4.79 Å². The Hall–Kier alpha value is -1.06. The van der Waals surface area contributed by atoms with E-state index in [0.717, 1.165) is 32.4 Å². The molecule has 0 saturated carbocycles. The molecule has 0 bridgehead atoms. The van der Waals surface area contributed by atoms with Crippen LogP contribution in [0, 0.1) is 0 Å². The van der Waals surface area contributed by atoms with Crippen LogP contribution in [0.1, 0.15) is 42.7 Å². The van der Waals surface area contributed by atoms with Gasteiger partial charge in [-0.2, -0.15) is 0 Å². The minimum absolute atomic E-state index is 0. The topological polar surface area (TPSA) is 46.3 Å². The summed E-state index contributed by atoms with van der Waals surface area (Å²) in [6.07, 6.45) is 5.11. The first-order valence-corrected chi connectivity index (χ1v) is 7.35. The molecule has 1 heterocycles. The maximum atomic E-state index is 12.3. The molecule has 1 fully saturated rings. The molecule has 1 unspecified atom stereocenters. The molecule has 0 spiro atoms. The number of rotatable bonds is 2. The number of fused-ring (bicyclic) bond motifs is 1. The second-order valence-corrected chi connectivity index (χ2v) is 5.88. The Kier molecular flexibility index (Phi) is 5.06. The first-order chi connectivity index (χ1) is 9.24. The summed E-state index contributed by atoms with van der Waals surface area (Å²) in [5.74, 6) is 0.698. The molecule has 2 aliphatic rings. The quantitative estimate of drug-likeness (QED) is 0.911. The molecular formula is C16H23ClN2O. The molecule has 1 amide bonds. The molecule has 110 valence electrons. The molecule has 3 nitrogen and oxygen atoms in total. The van der Waals surface area contributed by atoms with E-state index in [2.05, 4.69) is 24.3 Å². The van der Waals surface area contributed by atoms with Crippen molar-refractivity contribution >= 4 is 18.3 Å². The van der Waals surface area contributed by atoms with Crippen LogP contribution in [0.5, 0.6) is 0 Å². The lowest BCUT2D eigenvalue weighted by Crippen LogP contribution is -2.33. The summed E-state index contributed by atoms with van der Waals surface area (Å²) < 4.78 is 0. The average Bonchev–Trinajstić information content (AvgIpc) is 2.86. The number of halogens is 1. The van der Waals surface area contributed by atoms with Gasteiger partial charge in [-0.05, 0) is 42.7 Å². The van der Waals surface area contributed by atoms with Gasteiger partial charge in [-0.15, -0.1) is 12.4 Å². The average molecular weight is 295 g/mol. The number of nitrogens with two attached hydrogens (primary N) is 1. The van der Waals surface area contributed by atoms with Gasteiger partial charge in [0.05, 0.1) is 0 Å². The normalized spacial score (nSPS) is 24.9. The van der Waals surface area contributed by atoms with E-state index in [-0.39, 0.29) is 24.4 Å². The van der Waals surface area contributed by atoms with Crippen LogP contribution in [-0.4, -0.2) is 29.9 Å². The monoisotopic (exact) mass is 294 g/mol. The van der Waals surface area contributed by atoms with Crippen molar-refractivity contribution in [2.75, 3.05) is 13.1 Å². The van der Waals surface area contributed by atoms with Crippen LogP contribution in [0.15, 0.2) is 24.3 Å². The highest BCUT2D eigenvalue weighted by atomic mass is 35.5. The standard InChI is InChI=1S/C16H22N2O.ClH/c17-14-8-9-18(11-14)16(19)10-13-6-3-5-12-4-1-2-7-15(12)13;/h1-2,4,7,13-14H,3,5-6,8-11,17H2;1H/t13?,14-;/m1./s1. The van der Waals surface area contributed by atoms with E-state index in [1.54, 1.807) is 0 Å². The third kappa shape index (κ3) is 3.15. The zero-order chi connectivity index (χ0) is 13.2. The van der Waals surface area contributed by atoms with Crippen LogP contribution >= 0.6 is 12.4 Å². The molecular weight excluding hydrogens is 272 g/mol. The molecule has 4 heteroatoms. The van der Waals surface area contributed by atoms with E-state index < -0.39 is 0 Å². The van der Waals surface area contributed by atoms with Crippen molar-refractivity contribution in [2.24, 2.45) is 5.73 Å². The molecule has 1 aromatic carbocycles. The maximum absolute atomic E-state index is 12.3. The Balaban J connectivity index is 0.00000147. The Morgan fingerprint density at radius 1 is 1.30 bits per heavy atom. The fourth-order valence-corrected chi connectivity index (χ4v) is 3.42. The summed E-state index contributed by atoms with van der Waals surface area (Å²) >= 11 is 0. The highest BCUT2D eigenvalue weighted by Gasteiger charge is 2.28. The van der Waals surface area contributed by atoms with E-state index in [4.69, 9.17) is 5.73 Å². The smallest absolute Gasteiger partial charge is 0.223 e. The maximum Gasteiger partial charge on any atom is 0.223 e. The second-order valence-electron chi connectivity index (χ2n) is 5.88. The number of nitrogens with zero attached hydrogens (tertiary/aromatic N) is 1. The SMILES string of the molecule is Cl.N[C@@H]1CCN(C(=O)CC2CCCc3ccccc32)C1. The van der Waals surface area contributed by atoms with Crippen LogP contribution in [0.2, 0.25) is 0 Å². The Morgan fingerprint density at radius 3 is 2.85 bits per heavy atom. The van der Waals surface area contributed by atoms with Gasteiger partial charge in [0.25, 0.3) is 0 Å². The van der Waals surface area contributed by atoms with Gasteiger partial charge in [-0.3, -0.25) is 4.79 Å². The number of carbonyl (C=O) groups excluding carboxylic acids is 1. The highest BCUT2D eigenvalue weighted by molar-refractivity contribution is 5.85. The highest BCUT2D eigenvalue weighted by Crippen LogP contribution is 2.34. The predicted octanol–water partition coefficient (Wildman–Crippen LogP) is 2.48. The number of aryl methyl sites for hydroxylation is 1. The number of hydrogen-bond acceptors (Lipinski definition) is 2. The van der Waals surface area contributed by atoms with Crippen LogP contribution in [0.25, 0.3) is 0 Å². The molecule has 0 aromatic heterocycles. The first-order valence-electron chi connectivity index (χ1n) is 7.35. The number of hydrogen-bond donors (Lipinski definition) is 1. The molecule has 2 atom stereocenters. The summed E-state index contributed by atoms with van der Waals surface area (Å²) in [5.41, 5.74) is 8.71. The largest absolute Gasteiger partial charge is 0.341 e. The van der Waals surface area contributed by atoms with Gasteiger partial charge in [0.1, 0.15) is 0 Å². The summed E-state index contributed by atoms with van der Waals surface area (Å²) in [6.45, 7) is 1.58. The zero-order valence-electron chi connectivity index (χ0n) is 11.8. The molecule has 2 N–H and O–H groups in total. The van der Waals surface area contributed by atoms with Crippen LogP contribution < -0.4 is 5.73 Å². The van der Waals surface area contributed by atoms with Crippen molar-refractivity contribution in [3.63, 3.8) is 0 Å². The Morgan fingerprint density at radius 2 is 2.10 bits per heavy atom. The van der Waals surface area contributed by atoms with Crippen molar-refractivity contribution in [3.05, 3.63) is 35.4 Å². The molecule has 1 aromatic rings. The number of benzene rings is 1. The lowest BCUT2D eigenvalue weighted by molar-refractivity contribution is -0.130. The van der Waals surface area contributed by atoms with Crippen molar-refractivity contribution < 1.29 is 4.79 Å². The number of likely N-dealkylation sites (tertiary alicyclic amines) is 1. The third-order valence-electron chi connectivity index (χ3n) is 4.49. The fraction of sp³-hybridized carbons (Fsp3) is 0.562. The molecule has 0 radical (unpaired) electrons. The van der Waals surface area contributed by atoms with Crippen LogP contribution in [-0.2, 0) is 11.2 Å². The lowest BCUT2D eigenvalue weighted by Gasteiger charge is -2.27. The van der Waals surface area contributed by atoms with Crippen molar-refractivity contribution in [2.45, 2.75) is 44.1 Å². The van der Waals surface area contributed by atoms with Crippen molar-refractivity contribution in [3.8, 4) is 0 Å². The second kappa shape index (κ2) is 6.59. The van der Waals surface area contributed by atoms with Crippen LogP contribution in [0.3, 0.4) is 0 Å². The summed E-state index contributed by atoms with van der Waals surface area (Å²) in [6, 6.07) is 8.78. The minimum Gasteiger partial charge on any atom is -0.341 e. The van der Waals surface area contributed by atoms with Gasteiger partial charge in [-0.25, -0.2) is 0 Å². The van der Waals surface area contributed by atoms with E-state index in [1.165, 1.54) is 17.5 Å². The zero-order valence-corrected chi connectivity index (χ0v) is 12.6. The number of carbonyl (C=O) groups is 1. The number of amides is 1. The van der Waals surface area contributed by atoms with Gasteiger partial charge < -0.3 is 10.6 Å². The molecule has 1 saturated heterocycles. The fourth-order valence-electron chi connectivity index (χ4n) is 3.42. The van der Waals surface area contributed by atoms with Gasteiger partial charge >= 0.3 is 0 Å². The Bertz CT molecular complexity index is 477. The van der Waals surface area contributed by atoms with Gasteiger partial charge in [0.15, 0.2) is 0 Å². The molecule has 3 rings (SSSR count). The van der Waals surface area contributed by atoms with E-state index in [0.29, 0.717) is 12.3 Å². The van der Waals surface area contributed by atoms with Crippen LogP contribution in [0.4, 0.5) is 0 Å². The molecule has 1 aliphatic carbocycles. The predicted molar refractivity (Wildman–Crippen MR) is 83.2 cm³/mol. The van der Waals surface area contributed by atoms with Gasteiger partial charge in [0.2, 0.25) is 5.91 Å². The van der Waals surface area contributed by atoms with E-state index >= 15 is 0 Å². The first kappa shape index (κ1) is 15.3. The van der Waals surface area contributed by atoms with E-state index in [1.807, 2.05) is 4.90 Å². The Labute approximate surface area is 126 Å².